The van der Waals surface area contributed by atoms with Gasteiger partial charge in [-0.15, -0.1) is 11.6 Å². The molecule has 1 atom stereocenters. The fraction of sp³-hybridized carbons (Fsp3) is 0.667. The van der Waals surface area contributed by atoms with Crippen LogP contribution in [0.25, 0.3) is 0 Å². The van der Waals surface area contributed by atoms with Crippen LogP contribution in [0.1, 0.15) is 0 Å². The summed E-state index contributed by atoms with van der Waals surface area (Å²) in [6, 6.07) is 0. The molecule has 1 unspecified atom stereocenters. The lowest BCUT2D eigenvalue weighted by atomic mass is 10.4. The van der Waals surface area contributed by atoms with Crippen molar-refractivity contribution in [2.75, 3.05) is 5.88 Å². The van der Waals surface area contributed by atoms with Gasteiger partial charge in [0, 0.05) is 0 Å². The molecule has 11 heavy (non-hydrogen) atoms. The Balaban J connectivity index is 4.10. The molecule has 0 radical (unpaired) electrons. The number of hydrogen-bond acceptors (Lipinski definition) is 3. The van der Waals surface area contributed by atoms with Gasteiger partial charge in [0.05, 0.1) is 5.88 Å². The zero-order chi connectivity index (χ0) is 9.07. The van der Waals surface area contributed by atoms with E-state index in [9.17, 15) is 9.36 Å². The fourth-order valence-electron chi connectivity index (χ4n) is 0.305. The molecule has 0 saturated heterocycles. The van der Waals surface area contributed by atoms with Gasteiger partial charge in [0.2, 0.25) is 0 Å². The smallest absolute Gasteiger partial charge is 0.470 e. The number of rotatable bonds is 4. The van der Waals surface area contributed by atoms with E-state index >= 15 is 0 Å². The van der Waals surface area contributed by atoms with E-state index in [1.54, 1.807) is 0 Å². The number of carbonyl (C=O) groups is 1. The van der Waals surface area contributed by atoms with Crippen LogP contribution < -0.4 is 0 Å². The fourth-order valence-corrected chi connectivity index (χ4v) is 1.08. The van der Waals surface area contributed by atoms with Gasteiger partial charge in [-0.1, -0.05) is 0 Å². The van der Waals surface area contributed by atoms with Crippen molar-refractivity contribution in [3.05, 3.63) is 0 Å². The highest BCUT2D eigenvalue weighted by Crippen LogP contribution is 2.37. The molecule has 0 aromatic carbocycles. The van der Waals surface area contributed by atoms with Crippen LogP contribution in [0.15, 0.2) is 0 Å². The quantitative estimate of drug-likeness (QED) is 0.432. The number of halogens is 1. The first kappa shape index (κ1) is 10.9. The summed E-state index contributed by atoms with van der Waals surface area (Å²) < 4.78 is 13.8. The molecule has 8 heteroatoms. The topological polar surface area (TPSA) is 104 Å². The van der Waals surface area contributed by atoms with Gasteiger partial charge >= 0.3 is 13.8 Å². The molecule has 0 bridgehead atoms. The molecule has 66 valence electrons. The maximum atomic E-state index is 10.1. The van der Waals surface area contributed by atoms with Gasteiger partial charge in [0.25, 0.3) is 0 Å². The molecule has 0 heterocycles. The van der Waals surface area contributed by atoms with Gasteiger partial charge in [-0.3, -0.25) is 4.52 Å². The summed E-state index contributed by atoms with van der Waals surface area (Å²) >= 11 is 5.02. The second-order valence-corrected chi connectivity index (χ2v) is 3.08. The zero-order valence-electron chi connectivity index (χ0n) is 5.18. The molecular weight excluding hydrogens is 198 g/mol. The summed E-state index contributed by atoms with van der Waals surface area (Å²) in [6.45, 7) is 0. The minimum atomic E-state index is -4.76. The number of phosphoric acid groups is 1. The molecule has 0 saturated carbocycles. The third kappa shape index (κ3) is 5.17. The molecule has 0 aliphatic carbocycles. The van der Waals surface area contributed by atoms with E-state index in [0.717, 1.165) is 0 Å². The van der Waals surface area contributed by atoms with E-state index in [1.807, 2.05) is 0 Å². The summed E-state index contributed by atoms with van der Waals surface area (Å²) in [7, 11) is -4.76. The predicted octanol–water partition coefficient (Wildman–Crippen LogP) is -0.212. The molecule has 0 fully saturated rings. The maximum absolute atomic E-state index is 10.1. The van der Waals surface area contributed by atoms with Gasteiger partial charge in [0.15, 0.2) is 6.10 Å². The Labute approximate surface area is 67.0 Å². The summed E-state index contributed by atoms with van der Waals surface area (Å²) in [4.78, 5) is 26.3. The number of alkyl halides is 1. The van der Waals surface area contributed by atoms with E-state index in [2.05, 4.69) is 4.52 Å². The summed E-state index contributed by atoms with van der Waals surface area (Å²) in [5.41, 5.74) is 0. The van der Waals surface area contributed by atoms with Crippen LogP contribution in [0, 0.1) is 0 Å². The highest BCUT2D eigenvalue weighted by Gasteiger charge is 2.26. The summed E-state index contributed by atoms with van der Waals surface area (Å²) in [5.74, 6) is -2.02. The third-order valence-electron chi connectivity index (χ3n) is 0.680. The van der Waals surface area contributed by atoms with Crippen LogP contribution in [0.3, 0.4) is 0 Å². The SMILES string of the molecule is O=C(O)C(CCl)OP(=O)(O)O. The molecule has 0 spiro atoms. The normalized spacial score (nSPS) is 14.5. The van der Waals surface area contributed by atoms with E-state index in [0.29, 0.717) is 0 Å². The number of aliphatic carboxylic acids is 1. The van der Waals surface area contributed by atoms with E-state index in [-0.39, 0.29) is 0 Å². The van der Waals surface area contributed by atoms with Crippen molar-refractivity contribution in [3.8, 4) is 0 Å². The zero-order valence-corrected chi connectivity index (χ0v) is 6.83. The number of phosphoric ester groups is 1. The Bertz CT molecular complexity index is 186. The molecule has 0 aliphatic rings. The van der Waals surface area contributed by atoms with Crippen molar-refractivity contribution >= 4 is 25.4 Å². The Kier molecular flexibility index (Phi) is 3.99. The molecule has 0 aromatic rings. The Hall–Kier alpha value is -0.130. The summed E-state index contributed by atoms with van der Waals surface area (Å²) in [5, 5.41) is 8.18. The third-order valence-corrected chi connectivity index (χ3v) is 1.49. The first-order valence-corrected chi connectivity index (χ1v) is 4.46. The van der Waals surface area contributed by atoms with Gasteiger partial charge < -0.3 is 14.9 Å². The standard InChI is InChI=1S/C3H6ClO6P/c4-1-2(3(5)6)10-11(7,8)9/h2H,1H2,(H,5,6)(H2,7,8,9). The van der Waals surface area contributed by atoms with Crippen LogP contribution in [-0.2, 0) is 13.9 Å². The van der Waals surface area contributed by atoms with E-state index in [1.165, 1.54) is 0 Å². The highest BCUT2D eigenvalue weighted by molar-refractivity contribution is 7.46. The molecule has 0 amide bonds. The van der Waals surface area contributed by atoms with Gasteiger partial charge in [-0.25, -0.2) is 9.36 Å². The Morgan fingerprint density at radius 3 is 2.18 bits per heavy atom. The van der Waals surface area contributed by atoms with E-state index in [4.69, 9.17) is 26.5 Å². The van der Waals surface area contributed by atoms with Gasteiger partial charge in [-0.05, 0) is 0 Å². The summed E-state index contributed by atoms with van der Waals surface area (Å²) in [6.07, 6.45) is -1.67. The number of hydrogen-bond donors (Lipinski definition) is 3. The second-order valence-electron chi connectivity index (χ2n) is 1.58. The van der Waals surface area contributed by atoms with Gasteiger partial charge in [-0.2, -0.15) is 0 Å². The maximum Gasteiger partial charge on any atom is 0.470 e. The average molecular weight is 205 g/mol. The Morgan fingerprint density at radius 1 is 1.64 bits per heavy atom. The largest absolute Gasteiger partial charge is 0.479 e. The van der Waals surface area contributed by atoms with Crippen molar-refractivity contribution in [1.82, 2.24) is 0 Å². The first-order valence-electron chi connectivity index (χ1n) is 2.39. The monoisotopic (exact) mass is 204 g/mol. The van der Waals surface area contributed by atoms with E-state index < -0.39 is 25.8 Å². The second kappa shape index (κ2) is 4.04. The lowest BCUT2D eigenvalue weighted by molar-refractivity contribution is -0.144. The van der Waals surface area contributed by atoms with Crippen LogP contribution in [-0.4, -0.2) is 32.8 Å². The van der Waals surface area contributed by atoms with Crippen LogP contribution in [0.2, 0.25) is 0 Å². The molecule has 3 N–H and O–H groups in total. The van der Waals surface area contributed by atoms with Crippen molar-refractivity contribution in [3.63, 3.8) is 0 Å². The van der Waals surface area contributed by atoms with Gasteiger partial charge in [0.1, 0.15) is 0 Å². The average Bonchev–Trinajstić information content (AvgIpc) is 1.80. The lowest BCUT2D eigenvalue weighted by Crippen LogP contribution is -2.24. The van der Waals surface area contributed by atoms with Crippen molar-refractivity contribution in [1.29, 1.82) is 0 Å². The first-order chi connectivity index (χ1) is 4.87. The van der Waals surface area contributed by atoms with Crippen LogP contribution >= 0.6 is 19.4 Å². The lowest BCUT2D eigenvalue weighted by Gasteiger charge is -2.09. The highest BCUT2D eigenvalue weighted by atomic mass is 35.5. The van der Waals surface area contributed by atoms with Crippen molar-refractivity contribution in [2.24, 2.45) is 0 Å². The molecule has 0 rings (SSSR count). The molecular formula is C3H6ClO6P. The van der Waals surface area contributed by atoms with Crippen molar-refractivity contribution < 1.29 is 28.8 Å². The molecule has 6 nitrogen and oxygen atoms in total. The predicted molar refractivity (Wildman–Crippen MR) is 35.3 cm³/mol. The van der Waals surface area contributed by atoms with Crippen LogP contribution in [0.4, 0.5) is 0 Å². The minimum Gasteiger partial charge on any atom is -0.479 e. The molecule has 0 aliphatic heterocycles. The minimum absolute atomic E-state index is 0.513. The number of carboxylic acid groups (broad SMARTS) is 1. The molecule has 0 aromatic heterocycles. The van der Waals surface area contributed by atoms with Crippen molar-refractivity contribution in [2.45, 2.75) is 6.10 Å². The Morgan fingerprint density at radius 2 is 2.09 bits per heavy atom. The van der Waals surface area contributed by atoms with Crippen LogP contribution in [0.5, 0.6) is 0 Å². The number of carboxylic acids is 1.